The van der Waals surface area contributed by atoms with Crippen molar-refractivity contribution in [1.29, 1.82) is 0 Å². The summed E-state index contributed by atoms with van der Waals surface area (Å²) in [4.78, 5) is 11.1. The van der Waals surface area contributed by atoms with Crippen LogP contribution in [0.15, 0.2) is 37.2 Å². The van der Waals surface area contributed by atoms with Gasteiger partial charge in [0.25, 0.3) is 0 Å². The first-order chi connectivity index (χ1) is 12.3. The number of rotatable bonds is 5. The first kappa shape index (κ1) is 18.3. The molecule has 2 atom stereocenters. The van der Waals surface area contributed by atoms with Gasteiger partial charge in [0.1, 0.15) is 36.2 Å². The largest absolute Gasteiger partial charge is 0.382 e. The van der Waals surface area contributed by atoms with E-state index >= 15 is 0 Å². The lowest BCUT2D eigenvalue weighted by atomic mass is 9.79. The molecule has 0 bridgehead atoms. The Balaban J connectivity index is 2.15. The van der Waals surface area contributed by atoms with Crippen molar-refractivity contribution in [3.8, 4) is 0 Å². The molecule has 0 amide bonds. The van der Waals surface area contributed by atoms with E-state index in [0.717, 1.165) is 18.5 Å². The van der Waals surface area contributed by atoms with Crippen LogP contribution in [0, 0.1) is 17.5 Å². The molecule has 2 aromatic heterocycles. The van der Waals surface area contributed by atoms with Crippen molar-refractivity contribution in [3.63, 3.8) is 0 Å². The number of hydrogen-bond acceptors (Lipinski definition) is 5. The van der Waals surface area contributed by atoms with Gasteiger partial charge in [-0.1, -0.05) is 24.6 Å². The zero-order valence-electron chi connectivity index (χ0n) is 13.4. The quantitative estimate of drug-likeness (QED) is 0.686. The summed E-state index contributed by atoms with van der Waals surface area (Å²) in [6, 6.07) is 2.73. The fourth-order valence-electron chi connectivity index (χ4n) is 2.75. The Morgan fingerprint density at radius 3 is 2.65 bits per heavy atom. The average Bonchev–Trinajstić information content (AvgIpc) is 3.09. The second kappa shape index (κ2) is 7.00. The van der Waals surface area contributed by atoms with Gasteiger partial charge in [-0.05, 0) is 6.07 Å². The first-order valence-electron chi connectivity index (χ1n) is 7.49. The normalized spacial score (nSPS) is 14.8. The molecule has 26 heavy (non-hydrogen) atoms. The second-order valence-corrected chi connectivity index (χ2v) is 6.08. The Morgan fingerprint density at radius 2 is 2.00 bits per heavy atom. The standard InChI is InChI=1S/C16H13ClF3N5O/c1-9(14-13(20)15(17)23-7-22-14)16(26,5-25-8-21-6-24-25)11-3-2-10(18)4-12(11)19/h2-4,6-9,26H,5H2,1H3/t9-,16?/m1/s1. The van der Waals surface area contributed by atoms with E-state index in [-0.39, 0.29) is 17.8 Å². The van der Waals surface area contributed by atoms with Gasteiger partial charge < -0.3 is 5.11 Å². The van der Waals surface area contributed by atoms with E-state index in [2.05, 4.69) is 20.1 Å². The monoisotopic (exact) mass is 383 g/mol. The average molecular weight is 384 g/mol. The highest BCUT2D eigenvalue weighted by molar-refractivity contribution is 6.29. The van der Waals surface area contributed by atoms with Crippen LogP contribution in [0.5, 0.6) is 0 Å². The fraction of sp³-hybridized carbons (Fsp3) is 0.250. The number of aliphatic hydroxyl groups is 1. The van der Waals surface area contributed by atoms with Crippen LogP contribution in [0.3, 0.4) is 0 Å². The molecule has 0 fully saturated rings. The van der Waals surface area contributed by atoms with E-state index in [9.17, 15) is 18.3 Å². The Hall–Kier alpha value is -2.52. The van der Waals surface area contributed by atoms with Crippen LogP contribution in [0.1, 0.15) is 24.1 Å². The molecule has 3 aromatic rings. The summed E-state index contributed by atoms with van der Waals surface area (Å²) in [6.07, 6.45) is 3.57. The minimum atomic E-state index is -2.02. The number of aromatic nitrogens is 5. The van der Waals surface area contributed by atoms with Crippen molar-refractivity contribution in [2.75, 3.05) is 0 Å². The van der Waals surface area contributed by atoms with E-state index in [4.69, 9.17) is 11.6 Å². The zero-order valence-corrected chi connectivity index (χ0v) is 14.2. The molecule has 136 valence electrons. The molecular formula is C16H13ClF3N5O. The predicted octanol–water partition coefficient (Wildman–Crippen LogP) is 2.83. The lowest BCUT2D eigenvalue weighted by Gasteiger charge is -2.34. The van der Waals surface area contributed by atoms with Crippen LogP contribution in [-0.4, -0.2) is 29.8 Å². The van der Waals surface area contributed by atoms with E-state index in [0.29, 0.717) is 6.07 Å². The van der Waals surface area contributed by atoms with Gasteiger partial charge in [-0.25, -0.2) is 32.8 Å². The van der Waals surface area contributed by atoms with Gasteiger partial charge in [0, 0.05) is 17.5 Å². The third-order valence-corrected chi connectivity index (χ3v) is 4.43. The van der Waals surface area contributed by atoms with Gasteiger partial charge in [0.05, 0.1) is 12.2 Å². The highest BCUT2D eigenvalue weighted by Gasteiger charge is 2.42. The molecule has 0 aliphatic heterocycles. The minimum absolute atomic E-state index is 0.212. The zero-order chi connectivity index (χ0) is 18.9. The third kappa shape index (κ3) is 3.27. The Bertz CT molecular complexity index is 924. The van der Waals surface area contributed by atoms with Crippen LogP contribution in [0.2, 0.25) is 5.15 Å². The maximum atomic E-state index is 14.4. The van der Waals surface area contributed by atoms with Gasteiger partial charge in [-0.15, -0.1) is 0 Å². The lowest BCUT2D eigenvalue weighted by molar-refractivity contribution is -0.0133. The maximum absolute atomic E-state index is 14.4. The van der Waals surface area contributed by atoms with Gasteiger partial charge in [0.15, 0.2) is 11.0 Å². The van der Waals surface area contributed by atoms with E-state index < -0.39 is 34.1 Å². The first-order valence-corrected chi connectivity index (χ1v) is 7.87. The summed E-state index contributed by atoms with van der Waals surface area (Å²) < 4.78 is 43.4. The topological polar surface area (TPSA) is 76.7 Å². The molecule has 10 heteroatoms. The minimum Gasteiger partial charge on any atom is -0.382 e. The highest BCUT2D eigenvalue weighted by Crippen LogP contribution is 2.40. The molecular weight excluding hydrogens is 371 g/mol. The van der Waals surface area contributed by atoms with Crippen molar-refractivity contribution in [1.82, 2.24) is 24.7 Å². The van der Waals surface area contributed by atoms with Gasteiger partial charge in [-0.2, -0.15) is 5.10 Å². The smallest absolute Gasteiger partial charge is 0.182 e. The number of halogens is 4. The van der Waals surface area contributed by atoms with Crippen LogP contribution < -0.4 is 0 Å². The highest BCUT2D eigenvalue weighted by atomic mass is 35.5. The van der Waals surface area contributed by atoms with Crippen LogP contribution in [0.25, 0.3) is 0 Å². The lowest BCUT2D eigenvalue weighted by Crippen LogP contribution is -2.39. The molecule has 0 saturated heterocycles. The molecule has 0 aliphatic rings. The van der Waals surface area contributed by atoms with E-state index in [1.807, 2.05) is 0 Å². The summed E-state index contributed by atoms with van der Waals surface area (Å²) in [7, 11) is 0. The molecule has 1 N–H and O–H groups in total. The Kier molecular flexibility index (Phi) is 4.92. The summed E-state index contributed by atoms with van der Waals surface area (Å²) in [5.41, 5.74) is -2.48. The van der Waals surface area contributed by atoms with Crippen molar-refractivity contribution in [3.05, 3.63) is 71.0 Å². The fourth-order valence-corrected chi connectivity index (χ4v) is 2.89. The Labute approximate surface area is 151 Å². The molecule has 0 spiro atoms. The van der Waals surface area contributed by atoms with E-state index in [1.165, 1.54) is 24.3 Å². The van der Waals surface area contributed by atoms with Gasteiger partial charge in [-0.3, -0.25) is 0 Å². The van der Waals surface area contributed by atoms with Crippen LogP contribution >= 0.6 is 11.6 Å². The summed E-state index contributed by atoms with van der Waals surface area (Å²) in [5, 5.41) is 14.8. The molecule has 0 radical (unpaired) electrons. The molecule has 0 saturated carbocycles. The molecule has 2 heterocycles. The maximum Gasteiger partial charge on any atom is 0.182 e. The molecule has 0 aliphatic carbocycles. The van der Waals surface area contributed by atoms with Crippen LogP contribution in [0.4, 0.5) is 13.2 Å². The molecule has 1 aromatic carbocycles. The summed E-state index contributed by atoms with van der Waals surface area (Å²) >= 11 is 5.69. The summed E-state index contributed by atoms with van der Waals surface area (Å²) in [5.74, 6) is -3.80. The predicted molar refractivity (Wildman–Crippen MR) is 85.7 cm³/mol. The van der Waals surface area contributed by atoms with Gasteiger partial charge >= 0.3 is 0 Å². The van der Waals surface area contributed by atoms with Crippen molar-refractivity contribution in [2.24, 2.45) is 0 Å². The number of nitrogens with zero attached hydrogens (tertiary/aromatic N) is 5. The van der Waals surface area contributed by atoms with E-state index in [1.54, 1.807) is 0 Å². The molecule has 3 rings (SSSR count). The Morgan fingerprint density at radius 1 is 1.23 bits per heavy atom. The van der Waals surface area contributed by atoms with Crippen molar-refractivity contribution >= 4 is 11.6 Å². The number of benzene rings is 1. The third-order valence-electron chi connectivity index (χ3n) is 4.17. The second-order valence-electron chi connectivity index (χ2n) is 5.73. The van der Waals surface area contributed by atoms with Crippen LogP contribution in [-0.2, 0) is 12.1 Å². The van der Waals surface area contributed by atoms with Gasteiger partial charge in [0.2, 0.25) is 0 Å². The molecule has 1 unspecified atom stereocenters. The number of hydrogen-bond donors (Lipinski definition) is 1. The SMILES string of the molecule is C[C@H](c1ncnc(Cl)c1F)C(O)(Cn1cncn1)c1ccc(F)cc1F. The molecule has 6 nitrogen and oxygen atoms in total. The van der Waals surface area contributed by atoms with Crippen molar-refractivity contribution in [2.45, 2.75) is 25.0 Å². The van der Waals surface area contributed by atoms with Crippen molar-refractivity contribution < 1.29 is 18.3 Å². The summed E-state index contributed by atoms with van der Waals surface area (Å²) in [6.45, 7) is 1.17.